The minimum absolute atomic E-state index is 0.450. The molecule has 0 spiro atoms. The molecular formula is C14H19BrO2. The smallest absolute Gasteiger partial charge is 0.133 e. The number of methoxy groups -OCH3 is 1. The van der Waals surface area contributed by atoms with E-state index in [0.717, 1.165) is 23.1 Å². The number of epoxide rings is 1. The van der Waals surface area contributed by atoms with Crippen molar-refractivity contribution in [2.45, 2.75) is 44.8 Å². The van der Waals surface area contributed by atoms with E-state index in [1.807, 2.05) is 6.07 Å². The highest BCUT2D eigenvalue weighted by molar-refractivity contribution is 9.10. The van der Waals surface area contributed by atoms with Crippen molar-refractivity contribution in [1.29, 1.82) is 0 Å². The van der Waals surface area contributed by atoms with Gasteiger partial charge in [-0.05, 0) is 59.3 Å². The Labute approximate surface area is 111 Å². The molecule has 1 heterocycles. The van der Waals surface area contributed by atoms with Crippen LogP contribution < -0.4 is 4.74 Å². The minimum Gasteiger partial charge on any atom is -0.496 e. The van der Waals surface area contributed by atoms with Gasteiger partial charge in [0.15, 0.2) is 0 Å². The summed E-state index contributed by atoms with van der Waals surface area (Å²) >= 11 is 3.54. The standard InChI is InChI=1S/C14H19BrO2/c1-4-10(8-14-9(2)17-14)11-5-6-13(16-3)12(15)7-11/h5-7,9-10,14H,4,8H2,1-3H3. The Kier molecular flexibility index (Phi) is 4.10. The molecule has 94 valence electrons. The first-order chi connectivity index (χ1) is 8.15. The summed E-state index contributed by atoms with van der Waals surface area (Å²) < 4.78 is 11.8. The fraction of sp³-hybridized carbons (Fsp3) is 0.571. The number of benzene rings is 1. The van der Waals surface area contributed by atoms with Gasteiger partial charge in [-0.15, -0.1) is 0 Å². The molecule has 17 heavy (non-hydrogen) atoms. The van der Waals surface area contributed by atoms with Gasteiger partial charge in [0.25, 0.3) is 0 Å². The minimum atomic E-state index is 0.450. The number of rotatable bonds is 5. The maximum atomic E-state index is 5.51. The van der Waals surface area contributed by atoms with Gasteiger partial charge in [-0.3, -0.25) is 0 Å². The molecule has 3 heteroatoms. The molecule has 2 rings (SSSR count). The summed E-state index contributed by atoms with van der Waals surface area (Å²) in [5.41, 5.74) is 1.36. The van der Waals surface area contributed by atoms with Crippen LogP contribution in [-0.4, -0.2) is 19.3 Å². The Hall–Kier alpha value is -0.540. The largest absolute Gasteiger partial charge is 0.496 e. The third kappa shape index (κ3) is 3.02. The summed E-state index contributed by atoms with van der Waals surface area (Å²) in [5, 5.41) is 0. The van der Waals surface area contributed by atoms with Crippen LogP contribution in [0.15, 0.2) is 22.7 Å². The van der Waals surface area contributed by atoms with E-state index in [-0.39, 0.29) is 0 Å². The summed E-state index contributed by atoms with van der Waals surface area (Å²) in [6.07, 6.45) is 3.17. The van der Waals surface area contributed by atoms with Crippen LogP contribution in [0.2, 0.25) is 0 Å². The van der Waals surface area contributed by atoms with Gasteiger partial charge in [0.1, 0.15) is 5.75 Å². The molecule has 1 aliphatic heterocycles. The van der Waals surface area contributed by atoms with Gasteiger partial charge in [-0.25, -0.2) is 0 Å². The molecule has 3 unspecified atom stereocenters. The number of hydrogen-bond donors (Lipinski definition) is 0. The third-order valence-corrected chi connectivity index (χ3v) is 4.11. The highest BCUT2D eigenvalue weighted by atomic mass is 79.9. The second-order valence-electron chi connectivity index (χ2n) is 4.61. The number of ether oxygens (including phenoxy) is 2. The topological polar surface area (TPSA) is 21.8 Å². The predicted octanol–water partition coefficient (Wildman–Crippen LogP) is 4.13. The first-order valence-corrected chi connectivity index (χ1v) is 6.94. The monoisotopic (exact) mass is 298 g/mol. The Bertz CT molecular complexity index is 392. The van der Waals surface area contributed by atoms with E-state index in [0.29, 0.717) is 18.1 Å². The molecule has 0 aromatic heterocycles. The van der Waals surface area contributed by atoms with Crippen molar-refractivity contribution >= 4 is 15.9 Å². The molecule has 1 fully saturated rings. The Balaban J connectivity index is 2.10. The first-order valence-electron chi connectivity index (χ1n) is 6.14. The molecule has 0 saturated carbocycles. The Morgan fingerprint density at radius 2 is 2.18 bits per heavy atom. The van der Waals surface area contributed by atoms with E-state index in [2.05, 4.69) is 41.9 Å². The molecular weight excluding hydrogens is 280 g/mol. The van der Waals surface area contributed by atoms with Crippen molar-refractivity contribution in [3.8, 4) is 5.75 Å². The van der Waals surface area contributed by atoms with Crippen molar-refractivity contribution in [3.05, 3.63) is 28.2 Å². The lowest BCUT2D eigenvalue weighted by Gasteiger charge is -2.15. The molecule has 1 saturated heterocycles. The fourth-order valence-corrected chi connectivity index (χ4v) is 2.79. The van der Waals surface area contributed by atoms with Gasteiger partial charge < -0.3 is 9.47 Å². The van der Waals surface area contributed by atoms with Crippen LogP contribution in [-0.2, 0) is 4.74 Å². The predicted molar refractivity (Wildman–Crippen MR) is 72.7 cm³/mol. The Morgan fingerprint density at radius 1 is 1.47 bits per heavy atom. The average molecular weight is 299 g/mol. The quantitative estimate of drug-likeness (QED) is 0.763. The summed E-state index contributed by atoms with van der Waals surface area (Å²) in [6, 6.07) is 6.35. The lowest BCUT2D eigenvalue weighted by molar-refractivity contribution is 0.357. The van der Waals surface area contributed by atoms with E-state index in [1.165, 1.54) is 5.56 Å². The second kappa shape index (κ2) is 5.40. The van der Waals surface area contributed by atoms with Gasteiger partial charge in [0.05, 0.1) is 23.8 Å². The maximum Gasteiger partial charge on any atom is 0.133 e. The average Bonchev–Trinajstić information content (AvgIpc) is 3.02. The molecule has 1 aromatic carbocycles. The van der Waals surface area contributed by atoms with Crippen LogP contribution >= 0.6 is 15.9 Å². The van der Waals surface area contributed by atoms with Gasteiger partial charge in [-0.1, -0.05) is 13.0 Å². The van der Waals surface area contributed by atoms with Crippen molar-refractivity contribution in [2.24, 2.45) is 0 Å². The summed E-state index contributed by atoms with van der Waals surface area (Å²) in [5.74, 6) is 1.46. The molecule has 1 aromatic rings. The van der Waals surface area contributed by atoms with Gasteiger partial charge in [0.2, 0.25) is 0 Å². The normalized spacial score (nSPS) is 24.5. The highest BCUT2D eigenvalue weighted by Crippen LogP contribution is 2.36. The third-order valence-electron chi connectivity index (χ3n) is 3.49. The lowest BCUT2D eigenvalue weighted by atomic mass is 9.91. The number of halogens is 1. The van der Waals surface area contributed by atoms with E-state index in [4.69, 9.17) is 9.47 Å². The van der Waals surface area contributed by atoms with Crippen LogP contribution in [0.3, 0.4) is 0 Å². The number of hydrogen-bond acceptors (Lipinski definition) is 2. The summed E-state index contributed by atoms with van der Waals surface area (Å²) in [4.78, 5) is 0. The van der Waals surface area contributed by atoms with Gasteiger partial charge in [0, 0.05) is 0 Å². The maximum absolute atomic E-state index is 5.51. The van der Waals surface area contributed by atoms with Crippen LogP contribution in [0, 0.1) is 0 Å². The van der Waals surface area contributed by atoms with Crippen molar-refractivity contribution in [2.75, 3.05) is 7.11 Å². The van der Waals surface area contributed by atoms with Crippen molar-refractivity contribution in [3.63, 3.8) is 0 Å². The zero-order chi connectivity index (χ0) is 12.4. The van der Waals surface area contributed by atoms with Crippen molar-refractivity contribution in [1.82, 2.24) is 0 Å². The molecule has 0 bridgehead atoms. The lowest BCUT2D eigenvalue weighted by Crippen LogP contribution is -2.03. The van der Waals surface area contributed by atoms with E-state index in [1.54, 1.807) is 7.11 Å². The molecule has 1 aliphatic rings. The van der Waals surface area contributed by atoms with E-state index < -0.39 is 0 Å². The second-order valence-corrected chi connectivity index (χ2v) is 5.47. The SMILES string of the molecule is CCC(CC1OC1C)c1ccc(OC)c(Br)c1. The van der Waals surface area contributed by atoms with Gasteiger partial charge >= 0.3 is 0 Å². The first kappa shape index (κ1) is 12.9. The van der Waals surface area contributed by atoms with E-state index in [9.17, 15) is 0 Å². The molecule has 2 nitrogen and oxygen atoms in total. The van der Waals surface area contributed by atoms with Gasteiger partial charge in [-0.2, -0.15) is 0 Å². The summed E-state index contributed by atoms with van der Waals surface area (Å²) in [6.45, 7) is 4.37. The van der Waals surface area contributed by atoms with Crippen LogP contribution in [0.25, 0.3) is 0 Å². The van der Waals surface area contributed by atoms with Crippen LogP contribution in [0.4, 0.5) is 0 Å². The molecule has 0 aliphatic carbocycles. The Morgan fingerprint density at radius 3 is 2.65 bits per heavy atom. The van der Waals surface area contributed by atoms with Crippen LogP contribution in [0.5, 0.6) is 5.75 Å². The van der Waals surface area contributed by atoms with Crippen molar-refractivity contribution < 1.29 is 9.47 Å². The zero-order valence-corrected chi connectivity index (χ0v) is 12.2. The molecule has 0 amide bonds. The zero-order valence-electron chi connectivity index (χ0n) is 10.6. The van der Waals surface area contributed by atoms with E-state index >= 15 is 0 Å². The summed E-state index contributed by atoms with van der Waals surface area (Å²) in [7, 11) is 1.69. The fourth-order valence-electron chi connectivity index (χ4n) is 2.23. The molecule has 3 atom stereocenters. The van der Waals surface area contributed by atoms with Crippen LogP contribution in [0.1, 0.15) is 38.2 Å². The highest BCUT2D eigenvalue weighted by Gasteiger charge is 2.35. The molecule has 0 radical (unpaired) electrons. The molecule has 0 N–H and O–H groups in total.